The number of nitrogens with one attached hydrogen (secondary N) is 2. The van der Waals surface area contributed by atoms with Crippen LogP contribution in [0.4, 0.5) is 11.4 Å². The van der Waals surface area contributed by atoms with Crippen molar-refractivity contribution in [2.75, 3.05) is 23.7 Å². The molecular formula is C19H26ClN3O3. The van der Waals surface area contributed by atoms with Crippen molar-refractivity contribution in [2.45, 2.75) is 40.5 Å². The molecule has 3 amide bonds. The van der Waals surface area contributed by atoms with E-state index in [0.717, 1.165) is 0 Å². The lowest BCUT2D eigenvalue weighted by Gasteiger charge is -2.35. The van der Waals surface area contributed by atoms with E-state index in [1.165, 1.54) is 6.92 Å². The van der Waals surface area contributed by atoms with E-state index in [-0.39, 0.29) is 23.6 Å². The predicted octanol–water partition coefficient (Wildman–Crippen LogP) is 3.52. The molecule has 0 spiro atoms. The van der Waals surface area contributed by atoms with Crippen molar-refractivity contribution < 1.29 is 14.4 Å². The van der Waals surface area contributed by atoms with E-state index < -0.39 is 5.41 Å². The van der Waals surface area contributed by atoms with Gasteiger partial charge in [-0.15, -0.1) is 0 Å². The third kappa shape index (κ3) is 5.21. The lowest BCUT2D eigenvalue weighted by atomic mass is 9.90. The van der Waals surface area contributed by atoms with Gasteiger partial charge in [-0.1, -0.05) is 32.4 Å². The molecule has 0 aromatic heterocycles. The molecule has 7 heteroatoms. The summed E-state index contributed by atoms with van der Waals surface area (Å²) < 4.78 is 0. The Labute approximate surface area is 159 Å². The number of halogens is 1. The summed E-state index contributed by atoms with van der Waals surface area (Å²) in [7, 11) is 0. The van der Waals surface area contributed by atoms with Gasteiger partial charge in [0.15, 0.2) is 0 Å². The lowest BCUT2D eigenvalue weighted by molar-refractivity contribution is -0.142. The zero-order valence-corrected chi connectivity index (χ0v) is 16.4. The third-order valence-corrected chi connectivity index (χ3v) is 4.58. The fourth-order valence-electron chi connectivity index (χ4n) is 2.97. The van der Waals surface area contributed by atoms with Crippen LogP contribution in [0.5, 0.6) is 0 Å². The Hall–Kier alpha value is -2.08. The van der Waals surface area contributed by atoms with E-state index in [9.17, 15) is 14.4 Å². The number of hydrogen-bond donors (Lipinski definition) is 2. The summed E-state index contributed by atoms with van der Waals surface area (Å²) in [5.74, 6) is -0.416. The van der Waals surface area contributed by atoms with Crippen LogP contribution >= 0.6 is 11.6 Å². The molecule has 2 rings (SSSR count). The summed E-state index contributed by atoms with van der Waals surface area (Å²) in [4.78, 5) is 38.1. The van der Waals surface area contributed by atoms with Crippen LogP contribution in [0, 0.1) is 11.3 Å². The number of likely N-dealkylation sites (tertiary alicyclic amines) is 1. The molecule has 1 aliphatic heterocycles. The monoisotopic (exact) mass is 379 g/mol. The van der Waals surface area contributed by atoms with Crippen molar-refractivity contribution >= 4 is 40.7 Å². The van der Waals surface area contributed by atoms with Crippen LogP contribution < -0.4 is 10.6 Å². The van der Waals surface area contributed by atoms with Gasteiger partial charge in [-0.25, -0.2) is 0 Å². The molecule has 1 saturated heterocycles. The number of carbonyl (C=O) groups is 3. The van der Waals surface area contributed by atoms with Crippen LogP contribution in [0.3, 0.4) is 0 Å². The Morgan fingerprint density at radius 2 is 1.69 bits per heavy atom. The zero-order valence-electron chi connectivity index (χ0n) is 15.7. The van der Waals surface area contributed by atoms with Crippen molar-refractivity contribution in [3.63, 3.8) is 0 Å². The van der Waals surface area contributed by atoms with Crippen LogP contribution in [-0.4, -0.2) is 35.7 Å². The summed E-state index contributed by atoms with van der Waals surface area (Å²) in [6, 6.07) is 4.92. The van der Waals surface area contributed by atoms with Gasteiger partial charge in [0.2, 0.25) is 17.7 Å². The maximum Gasteiger partial charge on any atom is 0.227 e. The number of nitrogens with zero attached hydrogens (tertiary/aromatic N) is 1. The molecule has 1 aromatic carbocycles. The van der Waals surface area contributed by atoms with Crippen molar-refractivity contribution in [2.24, 2.45) is 11.3 Å². The fourth-order valence-corrected chi connectivity index (χ4v) is 3.14. The molecule has 142 valence electrons. The van der Waals surface area contributed by atoms with Gasteiger partial charge in [0.1, 0.15) is 0 Å². The Kier molecular flexibility index (Phi) is 6.29. The Balaban J connectivity index is 2.01. The van der Waals surface area contributed by atoms with Gasteiger partial charge in [-0.2, -0.15) is 0 Å². The first-order valence-electron chi connectivity index (χ1n) is 8.75. The van der Waals surface area contributed by atoms with Crippen LogP contribution in [0.15, 0.2) is 18.2 Å². The molecule has 1 fully saturated rings. The van der Waals surface area contributed by atoms with Crippen molar-refractivity contribution in [3.8, 4) is 0 Å². The van der Waals surface area contributed by atoms with Crippen molar-refractivity contribution in [1.29, 1.82) is 0 Å². The van der Waals surface area contributed by atoms with Gasteiger partial charge < -0.3 is 15.5 Å². The topological polar surface area (TPSA) is 78.5 Å². The smallest absolute Gasteiger partial charge is 0.227 e. The molecule has 1 heterocycles. The SMILES string of the molecule is CC(=O)Nc1ccc(Cl)cc1NC(=O)C1CCN(C(=O)C(C)(C)C)CC1. The van der Waals surface area contributed by atoms with Gasteiger partial charge in [0, 0.05) is 36.4 Å². The average Bonchev–Trinajstić information content (AvgIpc) is 2.55. The first kappa shape index (κ1) is 20.2. The fraction of sp³-hybridized carbons (Fsp3) is 0.526. The van der Waals surface area contributed by atoms with Crippen LogP contribution in [-0.2, 0) is 14.4 Å². The molecule has 0 atom stereocenters. The summed E-state index contributed by atoms with van der Waals surface area (Å²) in [6.45, 7) is 8.25. The summed E-state index contributed by atoms with van der Waals surface area (Å²) in [5.41, 5.74) is 0.574. The molecule has 26 heavy (non-hydrogen) atoms. The minimum atomic E-state index is -0.414. The molecular weight excluding hydrogens is 354 g/mol. The van der Waals surface area contributed by atoms with E-state index in [4.69, 9.17) is 11.6 Å². The molecule has 0 saturated carbocycles. The largest absolute Gasteiger partial charge is 0.342 e. The highest BCUT2D eigenvalue weighted by Crippen LogP contribution is 2.28. The Bertz CT molecular complexity index is 704. The number of anilines is 2. The molecule has 0 bridgehead atoms. The van der Waals surface area contributed by atoms with Gasteiger partial charge in [0.25, 0.3) is 0 Å². The van der Waals surface area contributed by atoms with Crippen LogP contribution in [0.25, 0.3) is 0 Å². The zero-order chi connectivity index (χ0) is 19.5. The molecule has 1 aromatic rings. The molecule has 6 nitrogen and oxygen atoms in total. The predicted molar refractivity (Wildman–Crippen MR) is 103 cm³/mol. The molecule has 2 N–H and O–H groups in total. The standard InChI is InChI=1S/C19H26ClN3O3/c1-12(24)21-15-6-5-14(20)11-16(15)22-17(25)13-7-9-23(10-8-13)18(26)19(2,3)4/h5-6,11,13H,7-10H2,1-4H3,(H,21,24)(H,22,25). The van der Waals surface area contributed by atoms with Gasteiger partial charge in [-0.05, 0) is 31.0 Å². The van der Waals surface area contributed by atoms with Gasteiger partial charge in [-0.3, -0.25) is 14.4 Å². The van der Waals surface area contributed by atoms with Crippen molar-refractivity contribution in [1.82, 2.24) is 4.90 Å². The highest BCUT2D eigenvalue weighted by molar-refractivity contribution is 6.31. The average molecular weight is 380 g/mol. The number of amides is 3. The Morgan fingerprint density at radius 1 is 1.08 bits per heavy atom. The van der Waals surface area contributed by atoms with E-state index in [0.29, 0.717) is 42.3 Å². The number of piperidine rings is 1. The highest BCUT2D eigenvalue weighted by Gasteiger charge is 2.32. The molecule has 0 radical (unpaired) electrons. The molecule has 0 aliphatic carbocycles. The second-order valence-corrected chi connectivity index (χ2v) is 8.11. The second-order valence-electron chi connectivity index (χ2n) is 7.68. The lowest BCUT2D eigenvalue weighted by Crippen LogP contribution is -2.45. The normalized spacial score (nSPS) is 15.5. The minimum absolute atomic E-state index is 0.110. The summed E-state index contributed by atoms with van der Waals surface area (Å²) in [6.07, 6.45) is 1.23. The van der Waals surface area contributed by atoms with Crippen molar-refractivity contribution in [3.05, 3.63) is 23.2 Å². The maximum atomic E-state index is 12.6. The van der Waals surface area contributed by atoms with Crippen LogP contribution in [0.1, 0.15) is 40.5 Å². The van der Waals surface area contributed by atoms with Crippen LogP contribution in [0.2, 0.25) is 5.02 Å². The van der Waals surface area contributed by atoms with E-state index in [1.807, 2.05) is 25.7 Å². The number of benzene rings is 1. The van der Waals surface area contributed by atoms with E-state index >= 15 is 0 Å². The quantitative estimate of drug-likeness (QED) is 0.843. The molecule has 0 unspecified atom stereocenters. The third-order valence-electron chi connectivity index (χ3n) is 4.34. The Morgan fingerprint density at radius 3 is 2.23 bits per heavy atom. The first-order chi connectivity index (χ1) is 12.1. The second kappa shape index (κ2) is 8.08. The summed E-state index contributed by atoms with van der Waals surface area (Å²) in [5, 5.41) is 6.01. The number of hydrogen-bond acceptors (Lipinski definition) is 3. The number of carbonyl (C=O) groups excluding carboxylic acids is 3. The summed E-state index contributed by atoms with van der Waals surface area (Å²) >= 11 is 6.01. The number of rotatable bonds is 3. The molecule has 1 aliphatic rings. The van der Waals surface area contributed by atoms with Gasteiger partial charge >= 0.3 is 0 Å². The minimum Gasteiger partial charge on any atom is -0.342 e. The van der Waals surface area contributed by atoms with Gasteiger partial charge in [0.05, 0.1) is 11.4 Å². The first-order valence-corrected chi connectivity index (χ1v) is 9.13. The van der Waals surface area contributed by atoms with E-state index in [2.05, 4.69) is 10.6 Å². The maximum absolute atomic E-state index is 12.6. The van der Waals surface area contributed by atoms with E-state index in [1.54, 1.807) is 18.2 Å². The highest BCUT2D eigenvalue weighted by atomic mass is 35.5.